The molecule has 0 amide bonds. The molecule has 0 unspecified atom stereocenters. The number of hydrogen-bond donors (Lipinski definition) is 4. The van der Waals surface area contributed by atoms with Crippen molar-refractivity contribution in [3.05, 3.63) is 134 Å². The van der Waals surface area contributed by atoms with Crippen molar-refractivity contribution in [2.45, 2.75) is 105 Å². The molecule has 84 heavy (non-hydrogen) atoms. The summed E-state index contributed by atoms with van der Waals surface area (Å²) >= 11 is -3.30. The van der Waals surface area contributed by atoms with Crippen molar-refractivity contribution in [3.63, 3.8) is 0 Å². The van der Waals surface area contributed by atoms with Crippen LogP contribution in [0.2, 0.25) is 0 Å². The van der Waals surface area contributed by atoms with E-state index in [2.05, 4.69) is 86.0 Å². The SMILES string of the molecule is CN=Cc1cc(OC)cc(C)c1O.CN=Cc1cc(OC)cc(C)c1O.COc1cc(C)c(O)c(C=NCCC(C)C)c1.Cc1cc(C=NC2C3CC4CC(C3)CC2C4)c(O)c(C(C)(C)c2ccccc2)c1.[Cl][Zr][Cl].[Cl][Zr][Cl].[Cl][Zr][Cl].[Cl][Zr][Cl]. The molecule has 0 spiro atoms. The minimum absolute atomic E-state index is 0.256. The Kier molecular flexibility index (Phi) is 44.0. The van der Waals surface area contributed by atoms with E-state index in [1.165, 1.54) is 43.2 Å². The fraction of sp³-hybridized carbons (Fsp3) is 0.443. The monoisotopic (exact) mass is 1620 g/mol. The summed E-state index contributed by atoms with van der Waals surface area (Å²) in [7, 11) is 47.6. The quantitative estimate of drug-likeness (QED) is 0.0855. The topological polar surface area (TPSA) is 158 Å². The Bertz CT molecular complexity index is 2720. The van der Waals surface area contributed by atoms with E-state index in [9.17, 15) is 20.4 Å². The van der Waals surface area contributed by atoms with Gasteiger partial charge >= 0.3 is 151 Å². The van der Waals surface area contributed by atoms with E-state index in [4.69, 9.17) is 87.3 Å². The third-order valence-electron chi connectivity index (χ3n) is 14.2. The molecule has 23 heteroatoms. The third-order valence-corrected chi connectivity index (χ3v) is 14.2. The summed E-state index contributed by atoms with van der Waals surface area (Å²) in [5.41, 5.74) is 8.43. The molecule has 4 aliphatic rings. The van der Waals surface area contributed by atoms with Crippen molar-refractivity contribution in [2.24, 2.45) is 49.6 Å². The fourth-order valence-corrected chi connectivity index (χ4v) is 10.4. The van der Waals surface area contributed by atoms with Crippen LogP contribution in [0.25, 0.3) is 0 Å². The predicted octanol–water partition coefficient (Wildman–Crippen LogP) is 18.5. The average Bonchev–Trinajstić information content (AvgIpc) is 1.80. The zero-order valence-corrected chi connectivity index (χ0v) is 65.9. The second-order valence-electron chi connectivity index (χ2n) is 20.9. The molecule has 458 valence electrons. The summed E-state index contributed by atoms with van der Waals surface area (Å²) in [4.78, 5) is 17.1. The molecule has 4 fully saturated rings. The predicted molar refractivity (Wildman–Crippen MR) is 344 cm³/mol. The van der Waals surface area contributed by atoms with Gasteiger partial charge in [0.2, 0.25) is 0 Å². The molecule has 9 rings (SSSR count). The van der Waals surface area contributed by atoms with Crippen LogP contribution in [-0.4, -0.2) is 93.3 Å². The molecule has 0 atom stereocenters. The molecule has 4 N–H and O–H groups in total. The van der Waals surface area contributed by atoms with Crippen molar-refractivity contribution in [2.75, 3.05) is 42.0 Å². The van der Waals surface area contributed by atoms with Crippen LogP contribution in [-0.2, 0) is 88.8 Å². The Hall–Kier alpha value is -0.768. The van der Waals surface area contributed by atoms with Gasteiger partial charge in [-0.25, -0.2) is 0 Å². The number of rotatable bonds is 13. The van der Waals surface area contributed by atoms with Gasteiger partial charge in [0.15, 0.2) is 0 Å². The molecular formula is C61H80Cl8N4O7Zr4. The average molecular weight is 1630 g/mol. The summed E-state index contributed by atoms with van der Waals surface area (Å²) in [6, 6.07) is 25.8. The van der Waals surface area contributed by atoms with E-state index < -0.39 is 83.4 Å². The molecule has 11 nitrogen and oxygen atoms in total. The zero-order valence-electron chi connectivity index (χ0n) is 50.1. The first-order chi connectivity index (χ1) is 40.0. The Morgan fingerprint density at radius 3 is 1.26 bits per heavy atom. The molecule has 5 aromatic carbocycles. The van der Waals surface area contributed by atoms with Crippen LogP contribution in [0.4, 0.5) is 0 Å². The molecule has 4 saturated carbocycles. The Morgan fingerprint density at radius 2 is 0.905 bits per heavy atom. The number of aliphatic imine (C=N–C) groups is 4. The second kappa shape index (κ2) is 45.5. The van der Waals surface area contributed by atoms with Crippen LogP contribution in [0.1, 0.15) is 122 Å². The molecule has 0 saturated heterocycles. The van der Waals surface area contributed by atoms with E-state index in [-0.39, 0.29) is 22.7 Å². The van der Waals surface area contributed by atoms with Crippen molar-refractivity contribution >= 4 is 93.0 Å². The number of halogens is 8. The molecule has 0 heterocycles. The fourth-order valence-electron chi connectivity index (χ4n) is 10.4. The second-order valence-corrected chi connectivity index (χ2v) is 35.8. The van der Waals surface area contributed by atoms with Crippen molar-refractivity contribution in [1.29, 1.82) is 0 Å². The first-order valence-corrected chi connectivity index (χ1v) is 52.1. The van der Waals surface area contributed by atoms with Gasteiger partial charge < -0.3 is 34.6 Å². The summed E-state index contributed by atoms with van der Waals surface area (Å²) < 4.78 is 15.3. The zero-order chi connectivity index (χ0) is 63.5. The standard InChI is InChI=1S/C27H33NO.C14H21NO2.2C10H13NO2.8ClH.4Zr/c1-17-9-22(16-28-25-20-12-18-11-19(14-20)15-21(25)13-18)26(29)24(10-17)27(2,3)23-7-5-4-6-8-23;1-10(2)5-6-15-9-12-8-13(17-4)7-11(3)14(12)16;2*1-7-4-9(13-3)5-8(6-11-2)10(7)12;;;;;;;;;;;;/h4-10,16,18-21,25,29H,11-15H2,1-3H3;7-10,16H,5-6H2,1-4H3;2*4-6,12H,1-3H3;8*1H;;;;/q;;;;;;;;;;;;4*+2/p-8. The number of hydrogen-bond acceptors (Lipinski definition) is 11. The summed E-state index contributed by atoms with van der Waals surface area (Å²) in [5, 5.41) is 40.3. The van der Waals surface area contributed by atoms with Gasteiger partial charge in [-0.05, 0) is 166 Å². The van der Waals surface area contributed by atoms with Crippen LogP contribution in [0.3, 0.4) is 0 Å². The van der Waals surface area contributed by atoms with Gasteiger partial charge in [0, 0.05) is 78.7 Å². The van der Waals surface area contributed by atoms with Gasteiger partial charge in [-0.1, -0.05) is 64.1 Å². The summed E-state index contributed by atoms with van der Waals surface area (Å²) in [5.74, 6) is 7.50. The maximum atomic E-state index is 11.2. The van der Waals surface area contributed by atoms with Gasteiger partial charge in [-0.15, -0.1) is 0 Å². The first kappa shape index (κ1) is 81.2. The van der Waals surface area contributed by atoms with E-state index in [0.29, 0.717) is 34.4 Å². The number of nitrogens with zero attached hydrogens (tertiary/aromatic N) is 4. The molecule has 0 aromatic heterocycles. The number of phenolic OH excluding ortho intramolecular Hbond substituents is 4. The number of ether oxygens (including phenoxy) is 3. The van der Waals surface area contributed by atoms with Crippen LogP contribution in [0, 0.1) is 57.3 Å². The molecule has 0 radical (unpaired) electrons. The van der Waals surface area contributed by atoms with E-state index in [1.54, 1.807) is 90.5 Å². The molecule has 4 bridgehead atoms. The van der Waals surface area contributed by atoms with Crippen LogP contribution >= 0.6 is 68.1 Å². The van der Waals surface area contributed by atoms with Gasteiger partial charge in [-0.2, -0.15) is 0 Å². The van der Waals surface area contributed by atoms with Crippen molar-refractivity contribution in [3.8, 4) is 40.2 Å². The van der Waals surface area contributed by atoms with Crippen LogP contribution < -0.4 is 14.2 Å². The Balaban J connectivity index is 0.000000554. The van der Waals surface area contributed by atoms with E-state index >= 15 is 0 Å². The van der Waals surface area contributed by atoms with Gasteiger partial charge in [0.1, 0.15) is 40.2 Å². The molecule has 5 aromatic rings. The Labute approximate surface area is 575 Å². The first-order valence-electron chi connectivity index (χ1n) is 26.7. The van der Waals surface area contributed by atoms with Crippen LogP contribution in [0.15, 0.2) is 98.8 Å². The Morgan fingerprint density at radius 1 is 0.536 bits per heavy atom. The van der Waals surface area contributed by atoms with E-state index in [1.807, 2.05) is 33.1 Å². The van der Waals surface area contributed by atoms with Gasteiger partial charge in [0.25, 0.3) is 0 Å². The number of aryl methyl sites for hydroxylation is 4. The van der Waals surface area contributed by atoms with Crippen molar-refractivity contribution in [1.82, 2.24) is 0 Å². The summed E-state index contributed by atoms with van der Waals surface area (Å²) in [6.07, 6.45) is 14.9. The number of phenols is 4. The molecule has 4 aliphatic carbocycles. The maximum absolute atomic E-state index is 11.2. The number of methoxy groups -OCH3 is 3. The molecular weight excluding hydrogens is 1550 g/mol. The molecule has 0 aliphatic heterocycles. The van der Waals surface area contributed by atoms with Crippen molar-refractivity contribution < 1.29 is 118 Å². The number of aromatic hydroxyl groups is 4. The summed E-state index contributed by atoms with van der Waals surface area (Å²) in [6.45, 7) is 17.1. The van der Waals surface area contributed by atoms with Gasteiger partial charge in [-0.3, -0.25) is 20.0 Å². The minimum atomic E-state index is -0.826. The van der Waals surface area contributed by atoms with E-state index in [0.717, 1.165) is 81.7 Å². The van der Waals surface area contributed by atoms with Gasteiger partial charge in [0.05, 0.1) is 27.4 Å². The van der Waals surface area contributed by atoms with Crippen LogP contribution in [0.5, 0.6) is 40.2 Å². The number of benzene rings is 5. The normalized spacial score (nSPS) is 17.0. The third kappa shape index (κ3) is 28.6.